The SMILES string of the molecule is O=C(c1c(F)cccc1-c1ncccn1)N1CCC2(CC2)C[C@H]1CNc1ccc(Cl)cn1. The van der Waals surface area contributed by atoms with Crippen LogP contribution in [-0.2, 0) is 0 Å². The number of hydrogen-bond donors (Lipinski definition) is 1. The lowest BCUT2D eigenvalue weighted by Gasteiger charge is -2.40. The molecule has 1 amide bonds. The van der Waals surface area contributed by atoms with Crippen molar-refractivity contribution in [3.63, 3.8) is 0 Å². The Balaban J connectivity index is 1.43. The maximum atomic E-state index is 15.0. The molecule has 1 aliphatic carbocycles. The van der Waals surface area contributed by atoms with E-state index < -0.39 is 5.82 Å². The minimum Gasteiger partial charge on any atom is -0.368 e. The third-order valence-electron chi connectivity index (χ3n) is 6.49. The monoisotopic (exact) mass is 451 g/mol. The highest BCUT2D eigenvalue weighted by Gasteiger charge is 2.49. The average molecular weight is 452 g/mol. The van der Waals surface area contributed by atoms with Gasteiger partial charge in [-0.2, -0.15) is 0 Å². The van der Waals surface area contributed by atoms with E-state index in [0.29, 0.717) is 40.7 Å². The van der Waals surface area contributed by atoms with E-state index in [9.17, 15) is 9.18 Å². The zero-order chi connectivity index (χ0) is 22.1. The molecule has 2 aliphatic rings. The quantitative estimate of drug-likeness (QED) is 0.601. The first-order valence-corrected chi connectivity index (χ1v) is 11.1. The number of hydrogen-bond acceptors (Lipinski definition) is 5. The first-order chi connectivity index (χ1) is 15.5. The molecule has 1 saturated carbocycles. The molecule has 164 valence electrons. The lowest BCUT2D eigenvalue weighted by Crippen LogP contribution is -2.50. The number of pyridine rings is 1. The second-order valence-corrected chi connectivity index (χ2v) is 9.02. The summed E-state index contributed by atoms with van der Waals surface area (Å²) in [5.41, 5.74) is 0.755. The summed E-state index contributed by atoms with van der Waals surface area (Å²) in [6, 6.07) is 9.80. The van der Waals surface area contributed by atoms with E-state index in [2.05, 4.69) is 20.3 Å². The number of aromatic nitrogens is 3. The van der Waals surface area contributed by atoms with Gasteiger partial charge in [-0.3, -0.25) is 4.79 Å². The zero-order valence-corrected chi connectivity index (χ0v) is 18.2. The Hall–Kier alpha value is -3.06. The van der Waals surface area contributed by atoms with Crippen LogP contribution < -0.4 is 5.32 Å². The second-order valence-electron chi connectivity index (χ2n) is 8.58. The van der Waals surface area contributed by atoms with E-state index in [1.54, 1.807) is 47.8 Å². The van der Waals surface area contributed by atoms with Crippen LogP contribution in [0.2, 0.25) is 5.02 Å². The van der Waals surface area contributed by atoms with Crippen molar-refractivity contribution in [2.75, 3.05) is 18.4 Å². The highest BCUT2D eigenvalue weighted by Crippen LogP contribution is 2.55. The summed E-state index contributed by atoms with van der Waals surface area (Å²) in [6.07, 6.45) is 8.98. The third-order valence-corrected chi connectivity index (χ3v) is 6.71. The summed E-state index contributed by atoms with van der Waals surface area (Å²) >= 11 is 5.93. The summed E-state index contributed by atoms with van der Waals surface area (Å²) in [7, 11) is 0. The number of piperidine rings is 1. The van der Waals surface area contributed by atoms with Gasteiger partial charge in [-0.05, 0) is 55.4 Å². The summed E-state index contributed by atoms with van der Waals surface area (Å²) < 4.78 is 15.0. The van der Waals surface area contributed by atoms with Crippen molar-refractivity contribution in [3.05, 3.63) is 71.4 Å². The van der Waals surface area contributed by atoms with Crippen molar-refractivity contribution in [3.8, 4) is 11.4 Å². The molecule has 0 unspecified atom stereocenters. The van der Waals surface area contributed by atoms with Crippen LogP contribution in [0.25, 0.3) is 11.4 Å². The Kier molecular flexibility index (Phi) is 5.51. The molecule has 1 spiro atoms. The number of halogens is 2. The van der Waals surface area contributed by atoms with Gasteiger partial charge in [-0.1, -0.05) is 23.7 Å². The lowest BCUT2D eigenvalue weighted by molar-refractivity contribution is 0.0542. The predicted molar refractivity (Wildman–Crippen MR) is 121 cm³/mol. The highest BCUT2D eigenvalue weighted by molar-refractivity contribution is 6.30. The van der Waals surface area contributed by atoms with Crippen molar-refractivity contribution in [2.45, 2.75) is 31.7 Å². The van der Waals surface area contributed by atoms with E-state index in [0.717, 1.165) is 12.8 Å². The summed E-state index contributed by atoms with van der Waals surface area (Å²) in [4.78, 5) is 28.2. The minimum atomic E-state index is -0.558. The molecule has 2 fully saturated rings. The Morgan fingerprint density at radius 3 is 2.66 bits per heavy atom. The van der Waals surface area contributed by atoms with Gasteiger partial charge in [0, 0.05) is 43.3 Å². The van der Waals surface area contributed by atoms with Crippen LogP contribution in [0, 0.1) is 11.2 Å². The molecule has 1 saturated heterocycles. The molecule has 0 radical (unpaired) electrons. The van der Waals surface area contributed by atoms with Crippen molar-refractivity contribution >= 4 is 23.3 Å². The molecule has 3 heterocycles. The molecule has 1 aromatic carbocycles. The van der Waals surface area contributed by atoms with Crippen LogP contribution in [-0.4, -0.2) is 44.9 Å². The third kappa shape index (κ3) is 4.17. The number of amides is 1. The largest absolute Gasteiger partial charge is 0.368 e. The molecule has 1 aliphatic heterocycles. The van der Waals surface area contributed by atoms with E-state index in [1.165, 1.54) is 18.9 Å². The molecule has 1 atom stereocenters. The molecule has 6 nitrogen and oxygen atoms in total. The fourth-order valence-corrected chi connectivity index (χ4v) is 4.66. The van der Waals surface area contributed by atoms with Crippen LogP contribution in [0.4, 0.5) is 10.2 Å². The molecule has 32 heavy (non-hydrogen) atoms. The zero-order valence-electron chi connectivity index (χ0n) is 17.5. The topological polar surface area (TPSA) is 71.0 Å². The van der Waals surface area contributed by atoms with E-state index in [1.807, 2.05) is 6.07 Å². The van der Waals surface area contributed by atoms with Gasteiger partial charge < -0.3 is 10.2 Å². The van der Waals surface area contributed by atoms with Crippen LogP contribution in [0.5, 0.6) is 0 Å². The van der Waals surface area contributed by atoms with Gasteiger partial charge in [0.1, 0.15) is 11.6 Å². The highest BCUT2D eigenvalue weighted by atomic mass is 35.5. The van der Waals surface area contributed by atoms with Gasteiger partial charge in [0.05, 0.1) is 10.6 Å². The van der Waals surface area contributed by atoms with Crippen LogP contribution in [0.3, 0.4) is 0 Å². The predicted octanol–water partition coefficient (Wildman–Crippen LogP) is 4.83. The maximum absolute atomic E-state index is 15.0. The number of carbonyl (C=O) groups excluding carboxylic acids is 1. The second kappa shape index (κ2) is 8.47. The first kappa shape index (κ1) is 20.8. The van der Waals surface area contributed by atoms with Gasteiger partial charge in [0.25, 0.3) is 5.91 Å². The number of carbonyl (C=O) groups is 1. The number of rotatable bonds is 5. The van der Waals surface area contributed by atoms with Gasteiger partial charge in [0.2, 0.25) is 0 Å². The van der Waals surface area contributed by atoms with Gasteiger partial charge in [0.15, 0.2) is 5.82 Å². The van der Waals surface area contributed by atoms with Crippen molar-refractivity contribution < 1.29 is 9.18 Å². The summed E-state index contributed by atoms with van der Waals surface area (Å²) in [5, 5.41) is 3.89. The van der Waals surface area contributed by atoms with E-state index in [4.69, 9.17) is 11.6 Å². The van der Waals surface area contributed by atoms with Crippen LogP contribution in [0.15, 0.2) is 55.0 Å². The average Bonchev–Trinajstić information content (AvgIpc) is 3.57. The molecule has 2 aromatic heterocycles. The molecule has 1 N–H and O–H groups in total. The van der Waals surface area contributed by atoms with Gasteiger partial charge in [-0.25, -0.2) is 19.3 Å². The molecule has 5 rings (SSSR count). The standard InChI is InChI=1S/C24H23ClFN5O/c25-16-5-6-20(29-14-16)30-15-17-13-24(7-8-24)9-12-31(17)23(32)21-18(3-1-4-19(21)26)22-27-10-2-11-28-22/h1-6,10-11,14,17H,7-9,12-13,15H2,(H,29,30)/t17-/m0/s1. The number of nitrogens with zero attached hydrogens (tertiary/aromatic N) is 4. The molecular formula is C24H23ClFN5O. The fourth-order valence-electron chi connectivity index (χ4n) is 4.55. The normalized spacial score (nSPS) is 19.1. The van der Waals surface area contributed by atoms with Crippen LogP contribution in [0.1, 0.15) is 36.0 Å². The Morgan fingerprint density at radius 1 is 1.12 bits per heavy atom. The molecule has 8 heteroatoms. The van der Waals surface area contributed by atoms with Gasteiger partial charge >= 0.3 is 0 Å². The summed E-state index contributed by atoms with van der Waals surface area (Å²) in [6.45, 7) is 1.14. The Morgan fingerprint density at radius 2 is 1.94 bits per heavy atom. The maximum Gasteiger partial charge on any atom is 0.257 e. The van der Waals surface area contributed by atoms with E-state index >= 15 is 0 Å². The number of nitrogens with one attached hydrogen (secondary N) is 1. The lowest BCUT2D eigenvalue weighted by atomic mass is 9.87. The number of benzene rings is 1. The van der Waals surface area contributed by atoms with Gasteiger partial charge in [-0.15, -0.1) is 0 Å². The van der Waals surface area contributed by atoms with Crippen molar-refractivity contribution in [2.24, 2.45) is 5.41 Å². The van der Waals surface area contributed by atoms with Crippen LogP contribution >= 0.6 is 11.6 Å². The Labute approximate surface area is 190 Å². The van der Waals surface area contributed by atoms with Crippen molar-refractivity contribution in [1.82, 2.24) is 19.9 Å². The minimum absolute atomic E-state index is 0.0278. The molecule has 0 bridgehead atoms. The molecule has 3 aromatic rings. The van der Waals surface area contributed by atoms with E-state index in [-0.39, 0.29) is 17.5 Å². The fraction of sp³-hybridized carbons (Fsp3) is 0.333. The Bertz CT molecular complexity index is 1120. The van der Waals surface area contributed by atoms with Crippen molar-refractivity contribution in [1.29, 1.82) is 0 Å². The summed E-state index contributed by atoms with van der Waals surface area (Å²) in [5.74, 6) is 0.155. The smallest absolute Gasteiger partial charge is 0.257 e. The first-order valence-electron chi connectivity index (χ1n) is 10.8. The molecular weight excluding hydrogens is 429 g/mol. The number of likely N-dealkylation sites (tertiary alicyclic amines) is 1. The number of anilines is 1.